The van der Waals surface area contributed by atoms with Gasteiger partial charge in [0.25, 0.3) is 5.91 Å². The van der Waals surface area contributed by atoms with Crippen molar-refractivity contribution >= 4 is 29.1 Å². The molecule has 182 valence electrons. The maximum absolute atomic E-state index is 12.8. The lowest BCUT2D eigenvalue weighted by atomic mass is 10.1. The van der Waals surface area contributed by atoms with Crippen molar-refractivity contribution in [2.45, 2.75) is 27.2 Å². The van der Waals surface area contributed by atoms with Crippen LogP contribution in [-0.2, 0) is 9.59 Å². The second kappa shape index (κ2) is 11.7. The van der Waals surface area contributed by atoms with Crippen LogP contribution in [0.5, 0.6) is 5.75 Å². The van der Waals surface area contributed by atoms with Crippen molar-refractivity contribution in [2.24, 2.45) is 5.92 Å². The minimum atomic E-state index is -0.472. The van der Waals surface area contributed by atoms with Crippen LogP contribution in [0, 0.1) is 12.8 Å². The number of nitrogens with zero attached hydrogens (tertiary/aromatic N) is 2. The highest BCUT2D eigenvalue weighted by molar-refractivity contribution is 6.04. The maximum atomic E-state index is 12.8. The second-order valence-electron chi connectivity index (χ2n) is 8.43. The Labute approximate surface area is 201 Å². The number of nitrogens with one attached hydrogen (secondary N) is 2. The van der Waals surface area contributed by atoms with Gasteiger partial charge in [0.05, 0.1) is 18.7 Å². The van der Waals surface area contributed by atoms with Crippen LogP contribution >= 0.6 is 0 Å². The van der Waals surface area contributed by atoms with E-state index in [-0.39, 0.29) is 30.7 Å². The van der Waals surface area contributed by atoms with Crippen LogP contribution in [0.4, 0.5) is 11.4 Å². The summed E-state index contributed by atoms with van der Waals surface area (Å²) in [6.45, 7) is 9.70. The molecule has 0 aliphatic carbocycles. The number of hydrogen-bond donors (Lipinski definition) is 2. The van der Waals surface area contributed by atoms with Crippen molar-refractivity contribution in [3.05, 3.63) is 53.6 Å². The third-order valence-electron chi connectivity index (χ3n) is 6.14. The van der Waals surface area contributed by atoms with E-state index in [2.05, 4.69) is 29.4 Å². The molecule has 1 atom stereocenters. The molecule has 3 amide bonds. The number of hydrogen-bond acceptors (Lipinski definition) is 5. The van der Waals surface area contributed by atoms with Crippen LogP contribution in [0.2, 0.25) is 0 Å². The summed E-state index contributed by atoms with van der Waals surface area (Å²) in [6.07, 6.45) is 0.135. The van der Waals surface area contributed by atoms with E-state index in [0.29, 0.717) is 29.2 Å². The first-order valence-corrected chi connectivity index (χ1v) is 11.7. The van der Waals surface area contributed by atoms with E-state index in [1.54, 1.807) is 36.3 Å². The average molecular weight is 467 g/mol. The molecular formula is C26H34N4O4. The van der Waals surface area contributed by atoms with Crippen molar-refractivity contribution in [3.63, 3.8) is 0 Å². The number of amides is 3. The summed E-state index contributed by atoms with van der Waals surface area (Å²) in [5.74, 6) is -0.347. The lowest BCUT2D eigenvalue weighted by Gasteiger charge is -2.20. The van der Waals surface area contributed by atoms with Gasteiger partial charge in [0.15, 0.2) is 0 Å². The summed E-state index contributed by atoms with van der Waals surface area (Å²) in [4.78, 5) is 41.7. The summed E-state index contributed by atoms with van der Waals surface area (Å²) >= 11 is 0. The third kappa shape index (κ3) is 6.14. The molecule has 3 rings (SSSR count). The molecular weight excluding hydrogens is 432 g/mol. The number of likely N-dealkylation sites (N-methyl/N-ethyl adjacent to an activating group) is 1. The molecule has 0 saturated carbocycles. The summed E-state index contributed by atoms with van der Waals surface area (Å²) in [5.41, 5.74) is 2.81. The van der Waals surface area contributed by atoms with Gasteiger partial charge >= 0.3 is 0 Å². The van der Waals surface area contributed by atoms with Gasteiger partial charge in [-0.3, -0.25) is 14.4 Å². The number of rotatable bonds is 10. The topological polar surface area (TPSA) is 91.0 Å². The highest BCUT2D eigenvalue weighted by Gasteiger charge is 2.36. The first-order chi connectivity index (χ1) is 16.4. The predicted octanol–water partition coefficient (Wildman–Crippen LogP) is 3.07. The van der Waals surface area contributed by atoms with Crippen molar-refractivity contribution in [2.75, 3.05) is 50.1 Å². The van der Waals surface area contributed by atoms with Crippen LogP contribution in [-0.4, -0.2) is 62.5 Å². The highest BCUT2D eigenvalue weighted by Crippen LogP contribution is 2.34. The van der Waals surface area contributed by atoms with Gasteiger partial charge in [0.1, 0.15) is 5.75 Å². The smallest absolute Gasteiger partial charge is 0.251 e. The zero-order valence-electron chi connectivity index (χ0n) is 20.4. The molecule has 1 aliphatic rings. The van der Waals surface area contributed by atoms with E-state index in [1.165, 1.54) is 0 Å². The number of benzene rings is 2. The molecule has 0 bridgehead atoms. The van der Waals surface area contributed by atoms with Crippen LogP contribution in [0.3, 0.4) is 0 Å². The molecule has 2 aromatic carbocycles. The number of aryl methyl sites for hydroxylation is 1. The van der Waals surface area contributed by atoms with Gasteiger partial charge in [0, 0.05) is 37.3 Å². The Balaban J connectivity index is 1.56. The molecule has 1 unspecified atom stereocenters. The summed E-state index contributed by atoms with van der Waals surface area (Å²) in [7, 11) is 1.56. The van der Waals surface area contributed by atoms with Gasteiger partial charge in [0.2, 0.25) is 11.8 Å². The van der Waals surface area contributed by atoms with Gasteiger partial charge in [-0.05, 0) is 62.0 Å². The minimum absolute atomic E-state index is 0.110. The van der Waals surface area contributed by atoms with Crippen LogP contribution < -0.4 is 20.3 Å². The number of carbonyl (C=O) groups is 3. The molecule has 34 heavy (non-hydrogen) atoms. The van der Waals surface area contributed by atoms with Gasteiger partial charge in [-0.15, -0.1) is 0 Å². The van der Waals surface area contributed by atoms with Crippen LogP contribution in [0.25, 0.3) is 0 Å². The Morgan fingerprint density at radius 3 is 2.47 bits per heavy atom. The molecule has 1 aliphatic heterocycles. The molecule has 2 aromatic rings. The molecule has 0 spiro atoms. The molecule has 1 fully saturated rings. The standard InChI is InChI=1S/C26H34N4O4/c1-5-29(6-2)14-13-27-25(32)19-8-10-21(11-9-19)28-26(33)20-16-24(31)30(17-20)22-15-18(3)7-12-23(22)34-4/h7-12,15,20H,5-6,13-14,16-17H2,1-4H3,(H,27,32)(H,28,33). The third-order valence-corrected chi connectivity index (χ3v) is 6.14. The lowest BCUT2D eigenvalue weighted by Crippen LogP contribution is -2.34. The van der Waals surface area contributed by atoms with E-state index in [1.807, 2.05) is 25.1 Å². The number of carbonyl (C=O) groups excluding carboxylic acids is 3. The monoisotopic (exact) mass is 466 g/mol. The fourth-order valence-corrected chi connectivity index (χ4v) is 4.05. The fraction of sp³-hybridized carbons (Fsp3) is 0.423. The maximum Gasteiger partial charge on any atom is 0.251 e. The molecule has 0 radical (unpaired) electrons. The summed E-state index contributed by atoms with van der Waals surface area (Å²) in [6, 6.07) is 12.4. The quantitative estimate of drug-likeness (QED) is 0.562. The van der Waals surface area contributed by atoms with E-state index in [0.717, 1.165) is 25.2 Å². The minimum Gasteiger partial charge on any atom is -0.495 e. The highest BCUT2D eigenvalue weighted by atomic mass is 16.5. The average Bonchev–Trinajstić information content (AvgIpc) is 3.23. The Morgan fingerprint density at radius 1 is 1.12 bits per heavy atom. The van der Waals surface area contributed by atoms with Crippen molar-refractivity contribution in [3.8, 4) is 5.75 Å². The fourth-order valence-electron chi connectivity index (χ4n) is 4.05. The van der Waals surface area contributed by atoms with Gasteiger partial charge < -0.3 is 25.2 Å². The molecule has 1 heterocycles. The van der Waals surface area contributed by atoms with E-state index in [9.17, 15) is 14.4 Å². The molecule has 8 heteroatoms. The molecule has 1 saturated heterocycles. The van der Waals surface area contributed by atoms with Gasteiger partial charge in [-0.2, -0.15) is 0 Å². The normalized spacial score (nSPS) is 15.5. The van der Waals surface area contributed by atoms with E-state index >= 15 is 0 Å². The van der Waals surface area contributed by atoms with Crippen LogP contribution in [0.15, 0.2) is 42.5 Å². The number of methoxy groups -OCH3 is 1. The Morgan fingerprint density at radius 2 is 1.82 bits per heavy atom. The van der Waals surface area contributed by atoms with E-state index in [4.69, 9.17) is 4.74 Å². The Kier molecular flexibility index (Phi) is 8.65. The van der Waals surface area contributed by atoms with Crippen molar-refractivity contribution in [1.29, 1.82) is 0 Å². The number of ether oxygens (including phenoxy) is 1. The Hall–Kier alpha value is -3.39. The molecule has 8 nitrogen and oxygen atoms in total. The SMILES string of the molecule is CCN(CC)CCNC(=O)c1ccc(NC(=O)C2CC(=O)N(c3cc(C)ccc3OC)C2)cc1. The van der Waals surface area contributed by atoms with Crippen molar-refractivity contribution in [1.82, 2.24) is 10.2 Å². The summed E-state index contributed by atoms with van der Waals surface area (Å²) in [5, 5.41) is 5.79. The van der Waals surface area contributed by atoms with Gasteiger partial charge in [-0.25, -0.2) is 0 Å². The van der Waals surface area contributed by atoms with E-state index < -0.39 is 5.92 Å². The predicted molar refractivity (Wildman–Crippen MR) is 133 cm³/mol. The first-order valence-electron chi connectivity index (χ1n) is 11.7. The number of anilines is 2. The largest absolute Gasteiger partial charge is 0.495 e. The van der Waals surface area contributed by atoms with Crippen LogP contribution in [0.1, 0.15) is 36.2 Å². The molecule has 0 aromatic heterocycles. The molecule has 2 N–H and O–H groups in total. The van der Waals surface area contributed by atoms with Gasteiger partial charge in [-0.1, -0.05) is 19.9 Å². The Bertz CT molecular complexity index is 1020. The zero-order chi connectivity index (χ0) is 24.7. The lowest BCUT2D eigenvalue weighted by molar-refractivity contribution is -0.122. The first kappa shape index (κ1) is 25.2. The second-order valence-corrected chi connectivity index (χ2v) is 8.43. The zero-order valence-corrected chi connectivity index (χ0v) is 20.4. The van der Waals surface area contributed by atoms with Crippen molar-refractivity contribution < 1.29 is 19.1 Å². The summed E-state index contributed by atoms with van der Waals surface area (Å²) < 4.78 is 5.40.